The second-order valence-electron chi connectivity index (χ2n) is 3.89. The van der Waals surface area contributed by atoms with Gasteiger partial charge < -0.3 is 0 Å². The van der Waals surface area contributed by atoms with E-state index in [0.717, 1.165) is 32.1 Å². The predicted octanol–water partition coefficient (Wildman–Crippen LogP) is 4.32. The number of rotatable bonds is 9. The lowest BCUT2D eigenvalue weighted by atomic mass is 10.1. The van der Waals surface area contributed by atoms with Gasteiger partial charge in [-0.05, 0) is 12.8 Å². The normalized spacial score (nSPS) is 12.8. The van der Waals surface area contributed by atoms with E-state index in [1.807, 2.05) is 0 Å². The molecule has 0 aliphatic heterocycles. The van der Waals surface area contributed by atoms with Crippen LogP contribution in [0.4, 0.5) is 0 Å². The van der Waals surface area contributed by atoms with E-state index in [1.54, 1.807) is 0 Å². The van der Waals surface area contributed by atoms with Crippen molar-refractivity contribution < 1.29 is 4.79 Å². The first-order valence-electron chi connectivity index (χ1n) is 5.89. The van der Waals surface area contributed by atoms with Gasteiger partial charge in [0.1, 0.15) is 0 Å². The summed E-state index contributed by atoms with van der Waals surface area (Å²) in [5.74, 6) is 0.246. The van der Waals surface area contributed by atoms with Crippen LogP contribution in [0.25, 0.3) is 0 Å². The zero-order chi connectivity index (χ0) is 10.8. The van der Waals surface area contributed by atoms with Crippen LogP contribution in [-0.2, 0) is 4.79 Å². The fourth-order valence-corrected chi connectivity index (χ4v) is 1.70. The highest BCUT2D eigenvalue weighted by Gasteiger charge is 2.13. The van der Waals surface area contributed by atoms with Crippen molar-refractivity contribution in [1.82, 2.24) is 0 Å². The lowest BCUT2D eigenvalue weighted by Gasteiger charge is -2.07. The van der Waals surface area contributed by atoms with Crippen LogP contribution in [0.5, 0.6) is 0 Å². The molecule has 0 saturated carbocycles. The largest absolute Gasteiger partial charge is 0.298 e. The van der Waals surface area contributed by atoms with Crippen molar-refractivity contribution in [2.45, 2.75) is 70.6 Å². The van der Waals surface area contributed by atoms with Crippen molar-refractivity contribution in [2.75, 3.05) is 0 Å². The summed E-state index contributed by atoms with van der Waals surface area (Å²) in [4.78, 5) is 11.5. The van der Waals surface area contributed by atoms with E-state index in [-0.39, 0.29) is 11.2 Å². The van der Waals surface area contributed by atoms with E-state index in [4.69, 9.17) is 11.6 Å². The third kappa shape index (κ3) is 7.37. The maximum absolute atomic E-state index is 11.5. The lowest BCUT2D eigenvalue weighted by Crippen LogP contribution is -2.13. The number of Topliss-reactive ketones (excluding diaryl/α,β-unsaturated/α-hetero) is 1. The van der Waals surface area contributed by atoms with Crippen molar-refractivity contribution in [3.8, 4) is 0 Å². The molecule has 0 heterocycles. The van der Waals surface area contributed by atoms with E-state index in [0.29, 0.717) is 6.42 Å². The van der Waals surface area contributed by atoms with Gasteiger partial charge in [-0.25, -0.2) is 0 Å². The van der Waals surface area contributed by atoms with E-state index in [1.165, 1.54) is 12.8 Å². The molecule has 1 atom stereocenters. The molecule has 2 heteroatoms. The Hall–Kier alpha value is -0.0400. The van der Waals surface area contributed by atoms with Crippen LogP contribution in [0.15, 0.2) is 0 Å². The van der Waals surface area contributed by atoms with Gasteiger partial charge >= 0.3 is 0 Å². The Kier molecular flexibility index (Phi) is 9.49. The van der Waals surface area contributed by atoms with Gasteiger partial charge in [-0.3, -0.25) is 4.79 Å². The second kappa shape index (κ2) is 9.51. The first kappa shape index (κ1) is 14.0. The molecule has 0 fully saturated rings. The Bertz CT molecular complexity index is 145. The van der Waals surface area contributed by atoms with Gasteiger partial charge in [-0.2, -0.15) is 0 Å². The molecule has 0 aromatic heterocycles. The maximum atomic E-state index is 11.5. The van der Waals surface area contributed by atoms with Gasteiger partial charge in [0.15, 0.2) is 5.78 Å². The number of unbranched alkanes of at least 4 members (excludes halogenated alkanes) is 4. The first-order chi connectivity index (χ1) is 6.72. The Morgan fingerprint density at radius 1 is 1.07 bits per heavy atom. The number of alkyl halides is 1. The molecule has 0 aliphatic rings. The van der Waals surface area contributed by atoms with Crippen molar-refractivity contribution in [3.05, 3.63) is 0 Å². The third-order valence-electron chi connectivity index (χ3n) is 2.44. The predicted molar refractivity (Wildman–Crippen MR) is 62.9 cm³/mol. The van der Waals surface area contributed by atoms with Crippen LogP contribution >= 0.6 is 11.6 Å². The van der Waals surface area contributed by atoms with E-state index < -0.39 is 0 Å². The minimum absolute atomic E-state index is 0.224. The zero-order valence-electron chi connectivity index (χ0n) is 9.52. The highest BCUT2D eigenvalue weighted by atomic mass is 35.5. The summed E-state index contributed by atoms with van der Waals surface area (Å²) >= 11 is 6.00. The molecule has 0 saturated heterocycles. The molecule has 0 bridgehead atoms. The first-order valence-corrected chi connectivity index (χ1v) is 6.32. The maximum Gasteiger partial charge on any atom is 0.150 e. The van der Waals surface area contributed by atoms with Crippen molar-refractivity contribution in [2.24, 2.45) is 0 Å². The fraction of sp³-hybridized carbons (Fsp3) is 0.917. The summed E-state index contributed by atoms with van der Waals surface area (Å²) in [5, 5.41) is -0.224. The molecule has 0 radical (unpaired) electrons. The van der Waals surface area contributed by atoms with Crippen LogP contribution in [0.3, 0.4) is 0 Å². The SMILES string of the molecule is CCCCCC(=O)C(Cl)CCCCC. The molecule has 0 aromatic carbocycles. The summed E-state index contributed by atoms with van der Waals surface area (Å²) in [7, 11) is 0. The van der Waals surface area contributed by atoms with Crippen LogP contribution in [0.1, 0.15) is 65.2 Å². The highest BCUT2D eigenvalue weighted by molar-refractivity contribution is 6.31. The number of carbonyl (C=O) groups excluding carboxylic acids is 1. The van der Waals surface area contributed by atoms with Crippen LogP contribution in [-0.4, -0.2) is 11.2 Å². The number of hydrogen-bond acceptors (Lipinski definition) is 1. The molecule has 14 heavy (non-hydrogen) atoms. The zero-order valence-corrected chi connectivity index (χ0v) is 10.3. The molecule has 0 aliphatic carbocycles. The smallest absolute Gasteiger partial charge is 0.150 e. The average Bonchev–Trinajstić information content (AvgIpc) is 2.18. The number of hydrogen-bond donors (Lipinski definition) is 0. The van der Waals surface area contributed by atoms with Crippen molar-refractivity contribution in [1.29, 1.82) is 0 Å². The number of halogens is 1. The molecule has 0 amide bonds. The lowest BCUT2D eigenvalue weighted by molar-refractivity contribution is -0.119. The molecule has 0 rings (SSSR count). The van der Waals surface area contributed by atoms with Gasteiger partial charge in [0.2, 0.25) is 0 Å². The monoisotopic (exact) mass is 218 g/mol. The van der Waals surface area contributed by atoms with Gasteiger partial charge in [0.05, 0.1) is 5.38 Å². The summed E-state index contributed by atoms with van der Waals surface area (Å²) < 4.78 is 0. The molecule has 0 N–H and O–H groups in total. The van der Waals surface area contributed by atoms with Crippen LogP contribution < -0.4 is 0 Å². The molecule has 0 aromatic rings. The standard InChI is InChI=1S/C12H23ClO/c1-3-5-7-9-11(13)12(14)10-8-6-4-2/h11H,3-10H2,1-2H3. The summed E-state index contributed by atoms with van der Waals surface area (Å²) in [6, 6.07) is 0. The van der Waals surface area contributed by atoms with Crippen molar-refractivity contribution in [3.63, 3.8) is 0 Å². The minimum Gasteiger partial charge on any atom is -0.298 e. The van der Waals surface area contributed by atoms with Crippen LogP contribution in [0, 0.1) is 0 Å². The number of ketones is 1. The molecular weight excluding hydrogens is 196 g/mol. The van der Waals surface area contributed by atoms with Crippen LogP contribution in [0.2, 0.25) is 0 Å². The van der Waals surface area contributed by atoms with Gasteiger partial charge in [0, 0.05) is 6.42 Å². The highest BCUT2D eigenvalue weighted by Crippen LogP contribution is 2.13. The Morgan fingerprint density at radius 3 is 2.21 bits per heavy atom. The summed E-state index contributed by atoms with van der Waals surface area (Å²) in [6.45, 7) is 4.30. The second-order valence-corrected chi connectivity index (χ2v) is 4.41. The topological polar surface area (TPSA) is 17.1 Å². The summed E-state index contributed by atoms with van der Waals surface area (Å²) in [6.07, 6.45) is 8.31. The fourth-order valence-electron chi connectivity index (χ4n) is 1.44. The van der Waals surface area contributed by atoms with E-state index >= 15 is 0 Å². The Balaban J connectivity index is 3.44. The Labute approximate surface area is 93.2 Å². The minimum atomic E-state index is -0.224. The van der Waals surface area contributed by atoms with Gasteiger partial charge in [-0.1, -0.05) is 46.0 Å². The molecule has 84 valence electrons. The van der Waals surface area contributed by atoms with Gasteiger partial charge in [-0.15, -0.1) is 11.6 Å². The molecular formula is C12H23ClO. The third-order valence-corrected chi connectivity index (χ3v) is 2.90. The van der Waals surface area contributed by atoms with E-state index in [9.17, 15) is 4.79 Å². The van der Waals surface area contributed by atoms with Crippen molar-refractivity contribution >= 4 is 17.4 Å². The summed E-state index contributed by atoms with van der Waals surface area (Å²) in [5.41, 5.74) is 0. The molecule has 0 spiro atoms. The molecule has 1 unspecified atom stereocenters. The number of carbonyl (C=O) groups is 1. The van der Waals surface area contributed by atoms with E-state index in [2.05, 4.69) is 13.8 Å². The molecule has 1 nitrogen and oxygen atoms in total. The Morgan fingerprint density at radius 2 is 1.64 bits per heavy atom. The quantitative estimate of drug-likeness (QED) is 0.416. The average molecular weight is 219 g/mol. The van der Waals surface area contributed by atoms with Gasteiger partial charge in [0.25, 0.3) is 0 Å².